The van der Waals surface area contributed by atoms with E-state index in [1.54, 1.807) is 0 Å². The highest BCUT2D eigenvalue weighted by Gasteiger charge is 2.03. The summed E-state index contributed by atoms with van der Waals surface area (Å²) in [4.78, 5) is 0. The molecule has 0 aliphatic carbocycles. The molecule has 1 N–H and O–H groups in total. The lowest BCUT2D eigenvalue weighted by Crippen LogP contribution is -2.25. The number of nitrogens with one attached hydrogen (secondary N) is 1. The third-order valence-electron chi connectivity index (χ3n) is 2.35. The van der Waals surface area contributed by atoms with Crippen LogP contribution in [0.2, 0.25) is 0 Å². The number of hydrogen-bond acceptors (Lipinski definition) is 1. The van der Waals surface area contributed by atoms with E-state index in [2.05, 4.69) is 32.6 Å². The smallest absolute Gasteiger partial charge is 0.0223 e. The molecule has 0 aliphatic heterocycles. The van der Waals surface area contributed by atoms with E-state index in [4.69, 9.17) is 0 Å². The van der Waals surface area contributed by atoms with Crippen molar-refractivity contribution in [1.29, 1.82) is 0 Å². The Morgan fingerprint density at radius 2 is 2.08 bits per heavy atom. The Morgan fingerprint density at radius 3 is 2.62 bits per heavy atom. The van der Waals surface area contributed by atoms with Crippen molar-refractivity contribution in [2.75, 3.05) is 0 Å². The van der Waals surface area contributed by atoms with Gasteiger partial charge < -0.3 is 5.32 Å². The third-order valence-corrected chi connectivity index (χ3v) is 2.35. The summed E-state index contributed by atoms with van der Waals surface area (Å²) in [5.74, 6) is 0. The quantitative estimate of drug-likeness (QED) is 0.537. The molecule has 1 heteroatoms. The molecule has 0 saturated carbocycles. The average molecular weight is 183 g/mol. The predicted molar refractivity (Wildman–Crippen MR) is 60.2 cm³/mol. The van der Waals surface area contributed by atoms with Crippen LogP contribution in [-0.2, 0) is 0 Å². The zero-order valence-corrected chi connectivity index (χ0v) is 9.31. The molecule has 0 heterocycles. The molecule has 1 unspecified atom stereocenters. The van der Waals surface area contributed by atoms with Crippen LogP contribution in [0.5, 0.6) is 0 Å². The first kappa shape index (κ1) is 13.0. The second kappa shape index (κ2) is 10.0. The van der Waals surface area contributed by atoms with Gasteiger partial charge in [0.1, 0.15) is 0 Å². The lowest BCUT2D eigenvalue weighted by Gasteiger charge is -2.15. The summed E-state index contributed by atoms with van der Waals surface area (Å²) in [7, 11) is 0. The molecule has 0 saturated heterocycles. The molecule has 0 rings (SSSR count). The Balaban J connectivity index is 3.28. The van der Waals surface area contributed by atoms with E-state index >= 15 is 0 Å². The molecule has 0 aromatic rings. The first-order valence-corrected chi connectivity index (χ1v) is 5.72. The SMILES string of the molecule is [CH2]CC[CH]NC(CC)CCCCC. The van der Waals surface area contributed by atoms with E-state index in [0.717, 1.165) is 12.8 Å². The highest BCUT2D eigenvalue weighted by atomic mass is 14.9. The maximum Gasteiger partial charge on any atom is 0.0223 e. The van der Waals surface area contributed by atoms with Gasteiger partial charge in [-0.15, -0.1) is 0 Å². The second-order valence-corrected chi connectivity index (χ2v) is 3.61. The van der Waals surface area contributed by atoms with Gasteiger partial charge in [0, 0.05) is 12.6 Å². The maximum absolute atomic E-state index is 3.81. The van der Waals surface area contributed by atoms with Gasteiger partial charge in [-0.05, 0) is 19.3 Å². The Hall–Kier alpha value is -0.0400. The standard InChI is InChI=1S/C12H25N/c1-4-7-9-10-12(6-3)13-11-8-5-2/h11-13H,2,4-10H2,1,3H3. The molecule has 1 atom stereocenters. The summed E-state index contributed by atoms with van der Waals surface area (Å²) in [5.41, 5.74) is 0. The van der Waals surface area contributed by atoms with Crippen molar-refractivity contribution in [3.8, 4) is 0 Å². The molecule has 78 valence electrons. The minimum Gasteiger partial charge on any atom is -0.310 e. The highest BCUT2D eigenvalue weighted by molar-refractivity contribution is 4.71. The fourth-order valence-electron chi connectivity index (χ4n) is 1.40. The summed E-state index contributed by atoms with van der Waals surface area (Å²) in [6.07, 6.45) is 8.69. The van der Waals surface area contributed by atoms with Crippen LogP contribution in [-0.4, -0.2) is 6.04 Å². The second-order valence-electron chi connectivity index (χ2n) is 3.61. The van der Waals surface area contributed by atoms with E-state index in [9.17, 15) is 0 Å². The summed E-state index contributed by atoms with van der Waals surface area (Å²) >= 11 is 0. The van der Waals surface area contributed by atoms with Gasteiger partial charge in [0.2, 0.25) is 0 Å². The van der Waals surface area contributed by atoms with Gasteiger partial charge in [0.05, 0.1) is 0 Å². The molecule has 13 heavy (non-hydrogen) atoms. The van der Waals surface area contributed by atoms with Gasteiger partial charge in [-0.1, -0.05) is 46.5 Å². The number of hydrogen-bond donors (Lipinski definition) is 1. The molecule has 1 nitrogen and oxygen atoms in total. The Labute approximate surface area is 84.3 Å². The van der Waals surface area contributed by atoms with Crippen LogP contribution in [0.1, 0.15) is 58.8 Å². The van der Waals surface area contributed by atoms with Crippen LogP contribution in [0.15, 0.2) is 0 Å². The molecule has 2 radical (unpaired) electrons. The maximum atomic E-state index is 3.81. The molecule has 0 aromatic heterocycles. The fourth-order valence-corrected chi connectivity index (χ4v) is 1.40. The van der Waals surface area contributed by atoms with Gasteiger partial charge >= 0.3 is 0 Å². The summed E-state index contributed by atoms with van der Waals surface area (Å²) in [5, 5.41) is 3.46. The Bertz CT molecular complexity index is 81.1. The summed E-state index contributed by atoms with van der Waals surface area (Å²) in [6.45, 7) is 10.5. The van der Waals surface area contributed by atoms with E-state index in [1.165, 1.54) is 32.1 Å². The van der Waals surface area contributed by atoms with E-state index in [1.807, 2.05) is 0 Å². The van der Waals surface area contributed by atoms with Gasteiger partial charge in [-0.2, -0.15) is 0 Å². The molecule has 0 aromatic carbocycles. The van der Waals surface area contributed by atoms with Crippen molar-refractivity contribution in [3.63, 3.8) is 0 Å². The molecule has 0 amide bonds. The Morgan fingerprint density at radius 1 is 1.31 bits per heavy atom. The van der Waals surface area contributed by atoms with Crippen LogP contribution in [0.3, 0.4) is 0 Å². The number of unbranched alkanes of at least 4 members (excludes halogenated alkanes) is 3. The minimum atomic E-state index is 0.693. The molecule has 0 spiro atoms. The normalized spacial score (nSPS) is 13.2. The largest absolute Gasteiger partial charge is 0.310 e. The van der Waals surface area contributed by atoms with E-state index in [0.29, 0.717) is 6.04 Å². The lowest BCUT2D eigenvalue weighted by atomic mass is 10.1. The molecule has 0 bridgehead atoms. The zero-order valence-electron chi connectivity index (χ0n) is 9.31. The lowest BCUT2D eigenvalue weighted by molar-refractivity contribution is 0.473. The molecule has 0 aliphatic rings. The molecule has 0 fully saturated rings. The van der Waals surface area contributed by atoms with Crippen LogP contribution >= 0.6 is 0 Å². The van der Waals surface area contributed by atoms with E-state index < -0.39 is 0 Å². The van der Waals surface area contributed by atoms with Crippen LogP contribution in [0.25, 0.3) is 0 Å². The van der Waals surface area contributed by atoms with Gasteiger partial charge in [-0.25, -0.2) is 0 Å². The van der Waals surface area contributed by atoms with Crippen LogP contribution in [0.4, 0.5) is 0 Å². The van der Waals surface area contributed by atoms with Crippen molar-refractivity contribution in [1.82, 2.24) is 5.32 Å². The van der Waals surface area contributed by atoms with E-state index in [-0.39, 0.29) is 0 Å². The van der Waals surface area contributed by atoms with Crippen LogP contribution in [0, 0.1) is 13.5 Å². The fraction of sp³-hybridized carbons (Fsp3) is 0.833. The zero-order chi connectivity index (χ0) is 9.94. The van der Waals surface area contributed by atoms with Crippen molar-refractivity contribution in [2.45, 2.75) is 64.8 Å². The number of rotatable bonds is 9. The topological polar surface area (TPSA) is 12.0 Å². The minimum absolute atomic E-state index is 0.693. The first-order valence-electron chi connectivity index (χ1n) is 5.72. The average Bonchev–Trinajstić information content (AvgIpc) is 2.16. The first-order chi connectivity index (χ1) is 6.35. The summed E-state index contributed by atoms with van der Waals surface area (Å²) in [6, 6.07) is 0.693. The third kappa shape index (κ3) is 8.29. The van der Waals surface area contributed by atoms with Crippen molar-refractivity contribution >= 4 is 0 Å². The molecular weight excluding hydrogens is 158 g/mol. The molecular formula is C12H25N. The monoisotopic (exact) mass is 183 g/mol. The van der Waals surface area contributed by atoms with Gasteiger partial charge in [0.15, 0.2) is 0 Å². The predicted octanol–water partition coefficient (Wildman–Crippen LogP) is 3.71. The van der Waals surface area contributed by atoms with Crippen LogP contribution < -0.4 is 5.32 Å². The van der Waals surface area contributed by atoms with Crippen molar-refractivity contribution < 1.29 is 0 Å². The van der Waals surface area contributed by atoms with Gasteiger partial charge in [-0.3, -0.25) is 0 Å². The summed E-state index contributed by atoms with van der Waals surface area (Å²) < 4.78 is 0. The van der Waals surface area contributed by atoms with Crippen molar-refractivity contribution in [2.24, 2.45) is 0 Å². The highest BCUT2D eigenvalue weighted by Crippen LogP contribution is 2.07. The van der Waals surface area contributed by atoms with Crippen molar-refractivity contribution in [3.05, 3.63) is 13.5 Å². The Kier molecular flexibility index (Phi) is 10.0. The van der Waals surface area contributed by atoms with Gasteiger partial charge in [0.25, 0.3) is 0 Å².